The first-order valence-electron chi connectivity index (χ1n) is 4.69. The van der Waals surface area contributed by atoms with Gasteiger partial charge in [0.05, 0.1) is 12.7 Å². The van der Waals surface area contributed by atoms with E-state index < -0.39 is 5.97 Å². The van der Waals surface area contributed by atoms with Crippen LogP contribution in [-0.4, -0.2) is 32.6 Å². The predicted octanol–water partition coefficient (Wildman–Crippen LogP) is 0.598. The van der Waals surface area contributed by atoms with E-state index in [0.29, 0.717) is 11.3 Å². The Morgan fingerprint density at radius 2 is 2.12 bits per heavy atom. The quantitative estimate of drug-likeness (QED) is 0.759. The molecule has 0 bridgehead atoms. The van der Waals surface area contributed by atoms with Crippen LogP contribution in [0.1, 0.15) is 10.4 Å². The van der Waals surface area contributed by atoms with Crippen molar-refractivity contribution in [1.82, 2.24) is 5.32 Å². The van der Waals surface area contributed by atoms with Crippen molar-refractivity contribution in [3.8, 4) is 5.75 Å². The summed E-state index contributed by atoms with van der Waals surface area (Å²) in [5, 5.41) is 2.43. The Bertz CT molecular complexity index is 389. The minimum absolute atomic E-state index is 0.0822. The van der Waals surface area contributed by atoms with Gasteiger partial charge >= 0.3 is 5.97 Å². The molecule has 16 heavy (non-hydrogen) atoms. The van der Waals surface area contributed by atoms with Crippen molar-refractivity contribution in [2.45, 2.75) is 0 Å². The Kier molecular flexibility index (Phi) is 4.32. The van der Waals surface area contributed by atoms with E-state index >= 15 is 0 Å². The zero-order chi connectivity index (χ0) is 12.0. The molecule has 1 amide bonds. The molecule has 86 valence electrons. The Morgan fingerprint density at radius 1 is 1.38 bits per heavy atom. The molecule has 5 heteroatoms. The molecule has 1 N–H and O–H groups in total. The summed E-state index contributed by atoms with van der Waals surface area (Å²) >= 11 is 0. The number of esters is 1. The standard InChI is InChI=1S/C11H13NO4/c1-12-10(13)7-16-9-5-3-4-8(6-9)11(14)15-2/h3-6H,7H2,1-2H3,(H,12,13). The fraction of sp³-hybridized carbons (Fsp3) is 0.273. The summed E-state index contributed by atoms with van der Waals surface area (Å²) in [6.45, 7) is -0.0822. The molecule has 0 aliphatic rings. The second kappa shape index (κ2) is 5.75. The van der Waals surface area contributed by atoms with Crippen molar-refractivity contribution in [1.29, 1.82) is 0 Å². The minimum atomic E-state index is -0.439. The lowest BCUT2D eigenvalue weighted by Gasteiger charge is -2.06. The molecule has 0 fully saturated rings. The van der Waals surface area contributed by atoms with E-state index in [0.717, 1.165) is 0 Å². The SMILES string of the molecule is CNC(=O)COc1cccc(C(=O)OC)c1. The number of hydrogen-bond acceptors (Lipinski definition) is 4. The third-order valence-corrected chi connectivity index (χ3v) is 1.90. The van der Waals surface area contributed by atoms with Crippen molar-refractivity contribution in [3.63, 3.8) is 0 Å². The van der Waals surface area contributed by atoms with E-state index in [-0.39, 0.29) is 12.5 Å². The first-order chi connectivity index (χ1) is 7.67. The Labute approximate surface area is 93.4 Å². The number of rotatable bonds is 4. The van der Waals surface area contributed by atoms with Crippen molar-refractivity contribution in [2.75, 3.05) is 20.8 Å². The van der Waals surface area contributed by atoms with Crippen LogP contribution in [0.3, 0.4) is 0 Å². The van der Waals surface area contributed by atoms with E-state index in [4.69, 9.17) is 4.74 Å². The number of carbonyl (C=O) groups is 2. The largest absolute Gasteiger partial charge is 0.484 e. The number of benzene rings is 1. The van der Waals surface area contributed by atoms with Crippen molar-refractivity contribution < 1.29 is 19.1 Å². The van der Waals surface area contributed by atoms with Crippen LogP contribution in [0.25, 0.3) is 0 Å². The Morgan fingerprint density at radius 3 is 2.75 bits per heavy atom. The molecule has 0 unspecified atom stereocenters. The number of methoxy groups -OCH3 is 1. The van der Waals surface area contributed by atoms with Gasteiger partial charge in [-0.1, -0.05) is 6.07 Å². The second-order valence-electron chi connectivity index (χ2n) is 2.98. The maximum absolute atomic E-state index is 11.2. The van der Waals surface area contributed by atoms with Crippen LogP contribution in [0.15, 0.2) is 24.3 Å². The lowest BCUT2D eigenvalue weighted by molar-refractivity contribution is -0.122. The van der Waals surface area contributed by atoms with Gasteiger partial charge in [-0.15, -0.1) is 0 Å². The van der Waals surface area contributed by atoms with Crippen LogP contribution in [-0.2, 0) is 9.53 Å². The van der Waals surface area contributed by atoms with Gasteiger partial charge in [0.2, 0.25) is 0 Å². The van der Waals surface area contributed by atoms with Gasteiger partial charge in [-0.05, 0) is 18.2 Å². The molecule has 0 heterocycles. The smallest absolute Gasteiger partial charge is 0.337 e. The highest BCUT2D eigenvalue weighted by Gasteiger charge is 2.06. The average Bonchev–Trinajstić information content (AvgIpc) is 2.35. The maximum atomic E-state index is 11.2. The first-order valence-corrected chi connectivity index (χ1v) is 4.69. The molecular weight excluding hydrogens is 210 g/mol. The van der Waals surface area contributed by atoms with Gasteiger partial charge in [0, 0.05) is 7.05 Å². The fourth-order valence-corrected chi connectivity index (χ4v) is 1.05. The fourth-order valence-electron chi connectivity index (χ4n) is 1.05. The number of ether oxygens (including phenoxy) is 2. The molecule has 0 atom stereocenters. The van der Waals surface area contributed by atoms with Gasteiger partial charge in [0.1, 0.15) is 5.75 Å². The molecular formula is C11H13NO4. The second-order valence-corrected chi connectivity index (χ2v) is 2.98. The third-order valence-electron chi connectivity index (χ3n) is 1.90. The minimum Gasteiger partial charge on any atom is -0.484 e. The summed E-state index contributed by atoms with van der Waals surface area (Å²) in [7, 11) is 2.83. The average molecular weight is 223 g/mol. The predicted molar refractivity (Wildman–Crippen MR) is 57.3 cm³/mol. The highest BCUT2D eigenvalue weighted by atomic mass is 16.5. The molecule has 0 radical (unpaired) electrons. The summed E-state index contributed by atoms with van der Waals surface area (Å²) in [6.07, 6.45) is 0. The summed E-state index contributed by atoms with van der Waals surface area (Å²) in [5.41, 5.74) is 0.386. The van der Waals surface area contributed by atoms with Crippen LogP contribution in [0.4, 0.5) is 0 Å². The van der Waals surface area contributed by atoms with Gasteiger partial charge in [-0.3, -0.25) is 4.79 Å². The van der Waals surface area contributed by atoms with Crippen LogP contribution in [0.5, 0.6) is 5.75 Å². The number of amides is 1. The van der Waals surface area contributed by atoms with Gasteiger partial charge in [-0.25, -0.2) is 4.79 Å². The zero-order valence-corrected chi connectivity index (χ0v) is 9.15. The lowest BCUT2D eigenvalue weighted by Crippen LogP contribution is -2.24. The van der Waals surface area contributed by atoms with E-state index in [1.165, 1.54) is 20.2 Å². The van der Waals surface area contributed by atoms with Crippen molar-refractivity contribution >= 4 is 11.9 Å². The van der Waals surface area contributed by atoms with Gasteiger partial charge in [0.15, 0.2) is 6.61 Å². The highest BCUT2D eigenvalue weighted by molar-refractivity contribution is 5.89. The maximum Gasteiger partial charge on any atom is 0.337 e. The molecule has 0 spiro atoms. The summed E-state index contributed by atoms with van der Waals surface area (Å²) in [5.74, 6) is -0.222. The van der Waals surface area contributed by atoms with E-state index in [1.54, 1.807) is 18.2 Å². The van der Waals surface area contributed by atoms with Crippen LogP contribution in [0, 0.1) is 0 Å². The summed E-state index contributed by atoms with van der Waals surface area (Å²) in [4.78, 5) is 22.1. The monoisotopic (exact) mass is 223 g/mol. The summed E-state index contributed by atoms with van der Waals surface area (Å²) in [6, 6.07) is 6.45. The molecule has 5 nitrogen and oxygen atoms in total. The van der Waals surface area contributed by atoms with Gasteiger partial charge < -0.3 is 14.8 Å². The van der Waals surface area contributed by atoms with Crippen molar-refractivity contribution in [2.24, 2.45) is 0 Å². The topological polar surface area (TPSA) is 64.6 Å². The van der Waals surface area contributed by atoms with Crippen LogP contribution < -0.4 is 10.1 Å². The lowest BCUT2D eigenvalue weighted by atomic mass is 10.2. The molecule has 0 aliphatic heterocycles. The number of hydrogen-bond donors (Lipinski definition) is 1. The first kappa shape index (κ1) is 12.0. The van der Waals surface area contributed by atoms with E-state index in [2.05, 4.69) is 10.1 Å². The van der Waals surface area contributed by atoms with Crippen molar-refractivity contribution in [3.05, 3.63) is 29.8 Å². The number of carbonyl (C=O) groups excluding carboxylic acids is 2. The van der Waals surface area contributed by atoms with Crippen LogP contribution in [0.2, 0.25) is 0 Å². The van der Waals surface area contributed by atoms with E-state index in [1.807, 2.05) is 0 Å². The van der Waals surface area contributed by atoms with E-state index in [9.17, 15) is 9.59 Å². The molecule has 0 aliphatic carbocycles. The normalized spacial score (nSPS) is 9.38. The van der Waals surface area contributed by atoms with Gasteiger partial charge in [-0.2, -0.15) is 0 Å². The zero-order valence-electron chi connectivity index (χ0n) is 9.15. The molecule has 0 saturated heterocycles. The molecule has 1 rings (SSSR count). The Balaban J connectivity index is 2.67. The van der Waals surface area contributed by atoms with Gasteiger partial charge in [0.25, 0.3) is 5.91 Å². The summed E-state index contributed by atoms with van der Waals surface area (Å²) < 4.78 is 9.74. The number of likely N-dealkylation sites (N-methyl/N-ethyl adjacent to an activating group) is 1. The number of nitrogens with one attached hydrogen (secondary N) is 1. The molecule has 1 aromatic rings. The molecule has 1 aromatic carbocycles. The highest BCUT2D eigenvalue weighted by Crippen LogP contribution is 2.13. The Hall–Kier alpha value is -2.04. The third kappa shape index (κ3) is 3.27. The van der Waals surface area contributed by atoms with Crippen LogP contribution >= 0.6 is 0 Å². The molecule has 0 aromatic heterocycles. The molecule has 0 saturated carbocycles.